The summed E-state index contributed by atoms with van der Waals surface area (Å²) < 4.78 is 5.34. The lowest BCUT2D eigenvalue weighted by Crippen LogP contribution is -2.53. The number of hydrogen-bond acceptors (Lipinski definition) is 3. The number of unbranched alkanes of at least 4 members (excludes halogenated alkanes) is 1. The van der Waals surface area contributed by atoms with Gasteiger partial charge in [0, 0.05) is 26.2 Å². The molecule has 1 aliphatic carbocycles. The summed E-state index contributed by atoms with van der Waals surface area (Å²) in [6, 6.07) is 0. The molecule has 0 aromatic rings. The zero-order chi connectivity index (χ0) is 16.2. The molecule has 1 unspecified atom stereocenters. The van der Waals surface area contributed by atoms with Gasteiger partial charge in [0.1, 0.15) is 0 Å². The second-order valence-electron chi connectivity index (χ2n) is 6.87. The highest BCUT2D eigenvalue weighted by Crippen LogP contribution is 2.38. The van der Waals surface area contributed by atoms with Crippen molar-refractivity contribution in [3.05, 3.63) is 12.2 Å². The van der Waals surface area contributed by atoms with Crippen LogP contribution >= 0.6 is 0 Å². The Bertz CT molecular complexity index is 471. The van der Waals surface area contributed by atoms with E-state index >= 15 is 0 Å². The van der Waals surface area contributed by atoms with E-state index in [-0.39, 0.29) is 29.6 Å². The predicted molar refractivity (Wildman–Crippen MR) is 87.7 cm³/mol. The van der Waals surface area contributed by atoms with Gasteiger partial charge < -0.3 is 14.5 Å². The van der Waals surface area contributed by atoms with E-state index in [1.165, 1.54) is 0 Å². The molecule has 5 nitrogen and oxygen atoms in total. The van der Waals surface area contributed by atoms with Crippen LogP contribution in [0.15, 0.2) is 12.2 Å². The normalized spacial score (nSPS) is 31.2. The van der Waals surface area contributed by atoms with Crippen LogP contribution in [-0.4, -0.2) is 61.0 Å². The molecule has 5 heteroatoms. The molecule has 2 saturated heterocycles. The van der Waals surface area contributed by atoms with Crippen molar-refractivity contribution in [2.24, 2.45) is 17.8 Å². The number of hydrogen-bond donors (Lipinski definition) is 0. The molecule has 2 aliphatic heterocycles. The first-order chi connectivity index (χ1) is 11.2. The maximum atomic E-state index is 13.0. The molecule has 0 saturated carbocycles. The van der Waals surface area contributed by atoms with Crippen LogP contribution in [0, 0.1) is 17.8 Å². The van der Waals surface area contributed by atoms with Crippen LogP contribution in [0.25, 0.3) is 0 Å². The molecule has 0 N–H and O–H groups in total. The minimum atomic E-state index is -0.181. The molecule has 0 radical (unpaired) electrons. The van der Waals surface area contributed by atoms with Gasteiger partial charge in [-0.1, -0.05) is 25.5 Å². The fraction of sp³-hybridized carbons (Fsp3) is 0.778. The summed E-state index contributed by atoms with van der Waals surface area (Å²) in [6.07, 6.45) is 8.10. The van der Waals surface area contributed by atoms with E-state index in [2.05, 4.69) is 19.1 Å². The Kier molecular flexibility index (Phi) is 5.36. The Morgan fingerprint density at radius 2 is 2.09 bits per heavy atom. The van der Waals surface area contributed by atoms with E-state index in [0.29, 0.717) is 32.7 Å². The SMILES string of the molecule is CCCCN1CC[C@H]2C=CCC(C(=O)N3CCOCC3)[C@H]2C1=O. The van der Waals surface area contributed by atoms with Crippen LogP contribution < -0.4 is 0 Å². The summed E-state index contributed by atoms with van der Waals surface area (Å²) in [6.45, 7) is 6.35. The van der Waals surface area contributed by atoms with Crippen LogP contribution in [0.4, 0.5) is 0 Å². The lowest BCUT2D eigenvalue weighted by molar-refractivity contribution is -0.153. The lowest BCUT2D eigenvalue weighted by Gasteiger charge is -2.43. The molecule has 0 aromatic carbocycles. The minimum Gasteiger partial charge on any atom is -0.378 e. The number of ether oxygens (including phenoxy) is 1. The van der Waals surface area contributed by atoms with Gasteiger partial charge in [0.05, 0.1) is 25.0 Å². The number of likely N-dealkylation sites (tertiary alicyclic amines) is 1. The van der Waals surface area contributed by atoms with E-state index in [0.717, 1.165) is 32.4 Å². The number of morpholine rings is 1. The summed E-state index contributed by atoms with van der Waals surface area (Å²) in [4.78, 5) is 29.8. The van der Waals surface area contributed by atoms with E-state index in [1.807, 2.05) is 9.80 Å². The Morgan fingerprint density at radius 1 is 1.30 bits per heavy atom. The highest BCUT2D eigenvalue weighted by Gasteiger charge is 2.45. The van der Waals surface area contributed by atoms with Crippen LogP contribution in [0.3, 0.4) is 0 Å². The van der Waals surface area contributed by atoms with Gasteiger partial charge in [-0.05, 0) is 25.2 Å². The predicted octanol–water partition coefficient (Wildman–Crippen LogP) is 1.69. The third-order valence-corrected chi connectivity index (χ3v) is 5.42. The Labute approximate surface area is 138 Å². The van der Waals surface area contributed by atoms with E-state index < -0.39 is 0 Å². The van der Waals surface area contributed by atoms with Gasteiger partial charge in [-0.15, -0.1) is 0 Å². The van der Waals surface area contributed by atoms with Gasteiger partial charge in [-0.2, -0.15) is 0 Å². The van der Waals surface area contributed by atoms with Gasteiger partial charge in [-0.25, -0.2) is 0 Å². The Hall–Kier alpha value is -1.36. The molecule has 3 atom stereocenters. The average molecular weight is 320 g/mol. The summed E-state index contributed by atoms with van der Waals surface area (Å²) >= 11 is 0. The van der Waals surface area contributed by atoms with Crippen molar-refractivity contribution in [2.45, 2.75) is 32.6 Å². The Balaban J connectivity index is 1.73. The maximum Gasteiger partial charge on any atom is 0.227 e. The second-order valence-corrected chi connectivity index (χ2v) is 6.87. The first-order valence-corrected chi connectivity index (χ1v) is 9.04. The second kappa shape index (κ2) is 7.47. The number of fused-ring (bicyclic) bond motifs is 1. The lowest BCUT2D eigenvalue weighted by atomic mass is 9.71. The van der Waals surface area contributed by atoms with Gasteiger partial charge in [0.25, 0.3) is 0 Å². The number of piperidine rings is 1. The number of rotatable bonds is 4. The first kappa shape index (κ1) is 16.5. The van der Waals surface area contributed by atoms with E-state index in [4.69, 9.17) is 4.74 Å². The van der Waals surface area contributed by atoms with Crippen molar-refractivity contribution >= 4 is 11.8 Å². The van der Waals surface area contributed by atoms with Crippen LogP contribution in [0.2, 0.25) is 0 Å². The number of allylic oxidation sites excluding steroid dienone is 2. The summed E-state index contributed by atoms with van der Waals surface area (Å²) in [7, 11) is 0. The third kappa shape index (κ3) is 3.44. The topological polar surface area (TPSA) is 49.9 Å². The minimum absolute atomic E-state index is 0.151. The number of carbonyl (C=O) groups excluding carboxylic acids is 2. The van der Waals surface area contributed by atoms with Crippen molar-refractivity contribution in [2.75, 3.05) is 39.4 Å². The largest absolute Gasteiger partial charge is 0.378 e. The third-order valence-electron chi connectivity index (χ3n) is 5.42. The quantitative estimate of drug-likeness (QED) is 0.741. The molecule has 2 heterocycles. The van der Waals surface area contributed by atoms with Crippen molar-refractivity contribution < 1.29 is 14.3 Å². The van der Waals surface area contributed by atoms with Crippen molar-refractivity contribution in [3.8, 4) is 0 Å². The molecular weight excluding hydrogens is 292 g/mol. The highest BCUT2D eigenvalue weighted by atomic mass is 16.5. The van der Waals surface area contributed by atoms with Crippen molar-refractivity contribution in [1.29, 1.82) is 0 Å². The summed E-state index contributed by atoms with van der Waals surface area (Å²) in [5.41, 5.74) is 0. The molecule has 128 valence electrons. The molecule has 3 aliphatic rings. The fourth-order valence-electron chi connectivity index (χ4n) is 4.07. The van der Waals surface area contributed by atoms with E-state index in [1.54, 1.807) is 0 Å². The average Bonchev–Trinajstić information content (AvgIpc) is 2.61. The number of nitrogens with zero attached hydrogens (tertiary/aromatic N) is 2. The summed E-state index contributed by atoms with van der Waals surface area (Å²) in [5.74, 6) is 0.258. The smallest absolute Gasteiger partial charge is 0.227 e. The standard InChI is InChI=1S/C18H28N2O3/c1-2-3-8-19-9-7-14-5-4-6-15(16(14)18(19)22)17(21)20-10-12-23-13-11-20/h4-5,14-16H,2-3,6-13H2,1H3/t14-,15?,16+/m1/s1. The molecule has 0 spiro atoms. The number of carbonyl (C=O) groups is 2. The van der Waals surface area contributed by atoms with E-state index in [9.17, 15) is 9.59 Å². The van der Waals surface area contributed by atoms with Gasteiger partial charge in [-0.3, -0.25) is 9.59 Å². The molecule has 0 bridgehead atoms. The van der Waals surface area contributed by atoms with Crippen LogP contribution in [0.5, 0.6) is 0 Å². The Morgan fingerprint density at radius 3 is 2.83 bits per heavy atom. The molecule has 0 aromatic heterocycles. The summed E-state index contributed by atoms with van der Waals surface area (Å²) in [5, 5.41) is 0. The first-order valence-electron chi connectivity index (χ1n) is 9.04. The van der Waals surface area contributed by atoms with Crippen molar-refractivity contribution in [1.82, 2.24) is 9.80 Å². The molecule has 23 heavy (non-hydrogen) atoms. The number of amides is 2. The van der Waals surface area contributed by atoms with Gasteiger partial charge >= 0.3 is 0 Å². The maximum absolute atomic E-state index is 13.0. The zero-order valence-electron chi connectivity index (χ0n) is 14.1. The molecule has 3 rings (SSSR count). The fourth-order valence-corrected chi connectivity index (χ4v) is 4.07. The van der Waals surface area contributed by atoms with Gasteiger partial charge in [0.2, 0.25) is 11.8 Å². The molecular formula is C18H28N2O3. The van der Waals surface area contributed by atoms with Crippen LogP contribution in [-0.2, 0) is 14.3 Å². The van der Waals surface area contributed by atoms with Crippen molar-refractivity contribution in [3.63, 3.8) is 0 Å². The molecule has 2 fully saturated rings. The van der Waals surface area contributed by atoms with Gasteiger partial charge in [0.15, 0.2) is 0 Å². The molecule has 2 amide bonds. The zero-order valence-corrected chi connectivity index (χ0v) is 14.1. The van der Waals surface area contributed by atoms with Crippen LogP contribution in [0.1, 0.15) is 32.6 Å². The highest BCUT2D eigenvalue weighted by molar-refractivity contribution is 5.89. The monoisotopic (exact) mass is 320 g/mol.